The molecule has 0 spiro atoms. The maximum atomic E-state index is 12.5. The minimum atomic E-state index is -0.534. The number of aliphatic imine (C=N–C) groups is 1. The first-order valence-electron chi connectivity index (χ1n) is 13.8. The van der Waals surface area contributed by atoms with Crippen molar-refractivity contribution < 1.29 is 14.3 Å². The molecule has 1 atom stereocenters. The third-order valence-corrected chi connectivity index (χ3v) is 7.94. The SMILES string of the molecule is CC(=NC1CCN(C(=O)OC(C)(C)C)CC1)/C(=N\N)c1cc(OC(C)c2cccc3cnsc23)n2c(C#N)cnc2c1. The number of hydrogen-bond acceptors (Lipinski definition) is 10. The van der Waals surface area contributed by atoms with E-state index < -0.39 is 5.60 Å². The van der Waals surface area contributed by atoms with Crippen molar-refractivity contribution >= 4 is 44.8 Å². The Morgan fingerprint density at radius 3 is 2.69 bits per heavy atom. The van der Waals surface area contributed by atoms with E-state index in [9.17, 15) is 10.1 Å². The van der Waals surface area contributed by atoms with Gasteiger partial charge in [0, 0.05) is 41.9 Å². The van der Waals surface area contributed by atoms with E-state index in [-0.39, 0.29) is 18.2 Å². The van der Waals surface area contributed by atoms with Crippen LogP contribution < -0.4 is 10.6 Å². The smallest absolute Gasteiger partial charge is 0.410 e. The highest BCUT2D eigenvalue weighted by Gasteiger charge is 2.27. The molecular formula is C30H34N8O3S. The first-order chi connectivity index (χ1) is 20.1. The molecule has 218 valence electrons. The number of hydrazone groups is 1. The van der Waals surface area contributed by atoms with Gasteiger partial charge in [-0.05, 0) is 65.1 Å². The zero-order chi connectivity index (χ0) is 30.0. The van der Waals surface area contributed by atoms with Gasteiger partial charge in [-0.25, -0.2) is 9.78 Å². The molecule has 1 fully saturated rings. The number of nitrogens with zero attached hydrogens (tertiary/aromatic N) is 7. The van der Waals surface area contributed by atoms with Crippen molar-refractivity contribution in [2.45, 2.75) is 65.2 Å². The lowest BCUT2D eigenvalue weighted by molar-refractivity contribution is 0.0207. The Bertz CT molecular complexity index is 1720. The van der Waals surface area contributed by atoms with Gasteiger partial charge >= 0.3 is 6.09 Å². The van der Waals surface area contributed by atoms with E-state index in [0.29, 0.717) is 60.1 Å². The maximum absolute atomic E-state index is 12.5. The van der Waals surface area contributed by atoms with E-state index >= 15 is 0 Å². The van der Waals surface area contributed by atoms with E-state index in [0.717, 1.165) is 15.6 Å². The number of likely N-dealkylation sites (tertiary alicyclic amines) is 1. The van der Waals surface area contributed by atoms with E-state index in [1.54, 1.807) is 9.30 Å². The van der Waals surface area contributed by atoms with Gasteiger partial charge in [-0.15, -0.1) is 0 Å². The summed E-state index contributed by atoms with van der Waals surface area (Å²) in [4.78, 5) is 23.5. The second-order valence-electron chi connectivity index (χ2n) is 11.3. The van der Waals surface area contributed by atoms with Gasteiger partial charge in [0.2, 0.25) is 5.88 Å². The van der Waals surface area contributed by atoms with Crippen molar-refractivity contribution in [3.8, 4) is 11.9 Å². The highest BCUT2D eigenvalue weighted by atomic mass is 32.1. The molecule has 5 rings (SSSR count). The van der Waals surface area contributed by atoms with Gasteiger partial charge in [0.05, 0.1) is 22.7 Å². The summed E-state index contributed by atoms with van der Waals surface area (Å²) >= 11 is 1.42. The molecule has 42 heavy (non-hydrogen) atoms. The van der Waals surface area contributed by atoms with E-state index in [2.05, 4.69) is 20.5 Å². The number of piperidine rings is 1. The first-order valence-corrected chi connectivity index (χ1v) is 14.6. The van der Waals surface area contributed by atoms with E-state index in [1.165, 1.54) is 17.7 Å². The second kappa shape index (κ2) is 11.8. The van der Waals surface area contributed by atoms with Gasteiger partial charge in [0.1, 0.15) is 34.8 Å². The molecule has 11 nitrogen and oxygen atoms in total. The number of benzene rings is 1. The number of carbonyl (C=O) groups is 1. The number of nitrogens with two attached hydrogens (primary N) is 1. The van der Waals surface area contributed by atoms with E-state index in [1.807, 2.05) is 71.1 Å². The molecule has 12 heteroatoms. The van der Waals surface area contributed by atoms with Crippen LogP contribution in [0.1, 0.15) is 70.4 Å². The molecule has 1 aliphatic rings. The highest BCUT2D eigenvalue weighted by Crippen LogP contribution is 2.32. The largest absolute Gasteiger partial charge is 0.471 e. The summed E-state index contributed by atoms with van der Waals surface area (Å²) in [6, 6.07) is 11.8. The zero-order valence-corrected chi connectivity index (χ0v) is 25.2. The molecule has 1 aliphatic heterocycles. The van der Waals surface area contributed by atoms with Crippen LogP contribution in [0.3, 0.4) is 0 Å². The van der Waals surface area contributed by atoms with Crippen molar-refractivity contribution in [2.24, 2.45) is 15.9 Å². The molecular weight excluding hydrogens is 552 g/mol. The molecule has 0 bridgehead atoms. The maximum Gasteiger partial charge on any atom is 0.410 e. The van der Waals surface area contributed by atoms with Gasteiger partial charge in [-0.1, -0.05) is 18.2 Å². The molecule has 1 saturated heterocycles. The Morgan fingerprint density at radius 1 is 1.24 bits per heavy atom. The van der Waals surface area contributed by atoms with Crippen LogP contribution in [0.5, 0.6) is 5.88 Å². The quantitative estimate of drug-likeness (QED) is 0.179. The van der Waals surface area contributed by atoms with Crippen LogP contribution in [-0.4, -0.2) is 60.9 Å². The lowest BCUT2D eigenvalue weighted by Gasteiger charge is -2.32. The summed E-state index contributed by atoms with van der Waals surface area (Å²) in [6.07, 6.45) is 4.11. The fraction of sp³-hybridized carbons (Fsp3) is 0.400. The van der Waals surface area contributed by atoms with Gasteiger partial charge in [-0.2, -0.15) is 14.7 Å². The Kier molecular flexibility index (Phi) is 8.13. The van der Waals surface area contributed by atoms with Crippen LogP contribution in [0.25, 0.3) is 15.7 Å². The molecule has 3 aromatic heterocycles. The molecule has 0 radical (unpaired) electrons. The number of ether oxygens (including phenoxy) is 2. The molecule has 2 N–H and O–H groups in total. The second-order valence-corrected chi connectivity index (χ2v) is 12.1. The third-order valence-electron chi connectivity index (χ3n) is 7.07. The standard InChI is InChI=1S/C30H34N8O3S/c1-18(35-22-9-11-37(12-10-22)29(39)41-30(3,4)5)27(36-32)21-13-25-33-17-23(15-31)38(25)26(14-21)40-19(2)24-8-6-7-20-16-34-42-28(20)24/h6-8,13-14,16-17,19,22H,9-12,32H2,1-5H3/b35-18?,36-27+. The number of carbonyl (C=O) groups excluding carboxylic acids is 1. The molecule has 1 aromatic carbocycles. The lowest BCUT2D eigenvalue weighted by atomic mass is 10.0. The number of amides is 1. The van der Waals surface area contributed by atoms with Gasteiger partial charge in [-0.3, -0.25) is 9.39 Å². The number of nitriles is 1. The molecule has 4 aromatic rings. The van der Waals surface area contributed by atoms with Crippen LogP contribution in [0.4, 0.5) is 4.79 Å². The van der Waals surface area contributed by atoms with Crippen LogP contribution in [0.2, 0.25) is 0 Å². The summed E-state index contributed by atoms with van der Waals surface area (Å²) in [5.74, 6) is 6.35. The highest BCUT2D eigenvalue weighted by molar-refractivity contribution is 7.13. The molecule has 0 aliphatic carbocycles. The molecule has 1 unspecified atom stereocenters. The molecule has 0 saturated carbocycles. The van der Waals surface area contributed by atoms with Crippen LogP contribution >= 0.6 is 11.5 Å². The summed E-state index contributed by atoms with van der Waals surface area (Å²) in [7, 11) is 0. The van der Waals surface area contributed by atoms with Crippen molar-refractivity contribution in [1.29, 1.82) is 5.26 Å². The predicted molar refractivity (Wildman–Crippen MR) is 163 cm³/mol. The zero-order valence-electron chi connectivity index (χ0n) is 24.4. The summed E-state index contributed by atoms with van der Waals surface area (Å²) in [6.45, 7) is 10.5. The monoisotopic (exact) mass is 586 g/mol. The normalized spacial score (nSPS) is 16.0. The molecule has 1 amide bonds. The number of pyridine rings is 1. The van der Waals surface area contributed by atoms with Crippen molar-refractivity contribution in [2.75, 3.05) is 13.1 Å². The van der Waals surface area contributed by atoms with Gasteiger partial charge in [0.15, 0.2) is 0 Å². The minimum Gasteiger partial charge on any atom is -0.471 e. The topological polar surface area (TPSA) is 143 Å². The summed E-state index contributed by atoms with van der Waals surface area (Å²) in [5, 5.41) is 14.9. The van der Waals surface area contributed by atoms with Gasteiger partial charge in [0.25, 0.3) is 0 Å². The third kappa shape index (κ3) is 6.06. The first kappa shape index (κ1) is 29.0. The average molecular weight is 587 g/mol. The Hall–Kier alpha value is -4.50. The summed E-state index contributed by atoms with van der Waals surface area (Å²) < 4.78 is 19.1. The van der Waals surface area contributed by atoms with Crippen molar-refractivity contribution in [3.05, 3.63) is 59.5 Å². The predicted octanol–water partition coefficient (Wildman–Crippen LogP) is 5.48. The Morgan fingerprint density at radius 2 is 2.00 bits per heavy atom. The summed E-state index contributed by atoms with van der Waals surface area (Å²) in [5.41, 5.74) is 3.17. The van der Waals surface area contributed by atoms with Crippen molar-refractivity contribution in [1.82, 2.24) is 18.7 Å². The Labute approximate surface area is 248 Å². The molecule has 4 heterocycles. The van der Waals surface area contributed by atoms with E-state index in [4.69, 9.17) is 20.3 Å². The van der Waals surface area contributed by atoms with Gasteiger partial charge < -0.3 is 20.2 Å². The Balaban J connectivity index is 1.40. The number of fused-ring (bicyclic) bond motifs is 2. The average Bonchev–Trinajstić information content (AvgIpc) is 3.60. The van der Waals surface area contributed by atoms with Crippen LogP contribution in [-0.2, 0) is 4.74 Å². The number of rotatable bonds is 6. The van der Waals surface area contributed by atoms with Crippen LogP contribution in [0, 0.1) is 11.3 Å². The number of hydrogen-bond donors (Lipinski definition) is 1. The fourth-order valence-corrected chi connectivity index (χ4v) is 5.91. The lowest BCUT2D eigenvalue weighted by Crippen LogP contribution is -2.42. The van der Waals surface area contributed by atoms with Crippen LogP contribution in [0.15, 0.2) is 52.8 Å². The number of imidazole rings is 1. The number of aromatic nitrogens is 3. The van der Waals surface area contributed by atoms with Crippen molar-refractivity contribution in [3.63, 3.8) is 0 Å². The fourth-order valence-electron chi connectivity index (χ4n) is 5.08. The minimum absolute atomic E-state index is 0.0106.